The first kappa shape index (κ1) is 26.8. The van der Waals surface area contributed by atoms with Gasteiger partial charge in [0, 0.05) is 33.3 Å². The minimum absolute atomic E-state index is 0.929. The van der Waals surface area contributed by atoms with Gasteiger partial charge in [0.05, 0.1) is 16.7 Å². The van der Waals surface area contributed by atoms with E-state index >= 15 is 0 Å². The lowest BCUT2D eigenvalue weighted by molar-refractivity contribution is 1.40. The molecule has 48 heavy (non-hydrogen) atoms. The van der Waals surface area contributed by atoms with Crippen LogP contribution in [-0.4, -0.2) is 9.97 Å². The molecule has 0 aliphatic heterocycles. The van der Waals surface area contributed by atoms with Crippen molar-refractivity contribution in [3.63, 3.8) is 0 Å². The molecule has 10 aromatic rings. The van der Waals surface area contributed by atoms with Gasteiger partial charge in [0.1, 0.15) is 0 Å². The third kappa shape index (κ3) is 4.00. The van der Waals surface area contributed by atoms with Crippen molar-refractivity contribution in [1.29, 1.82) is 0 Å². The van der Waals surface area contributed by atoms with Gasteiger partial charge in [-0.1, -0.05) is 158 Å². The van der Waals surface area contributed by atoms with Gasteiger partial charge >= 0.3 is 0 Å². The molecule has 0 saturated carbocycles. The molecule has 2 aromatic heterocycles. The third-order valence-electron chi connectivity index (χ3n) is 9.85. The molecule has 0 amide bonds. The van der Waals surface area contributed by atoms with Crippen LogP contribution in [0.3, 0.4) is 0 Å². The Balaban J connectivity index is 1.34. The molecule has 2 nitrogen and oxygen atoms in total. The number of benzene rings is 8. The Hall–Kier alpha value is -6.38. The topological polar surface area (TPSA) is 25.8 Å². The average Bonchev–Trinajstić information content (AvgIpc) is 3.16. The molecule has 0 saturated heterocycles. The van der Waals surface area contributed by atoms with Gasteiger partial charge in [-0.3, -0.25) is 4.98 Å². The van der Waals surface area contributed by atoms with E-state index in [1.807, 2.05) is 6.20 Å². The monoisotopic (exact) mass is 608 g/mol. The van der Waals surface area contributed by atoms with E-state index in [-0.39, 0.29) is 0 Å². The summed E-state index contributed by atoms with van der Waals surface area (Å²) in [5, 5.41) is 11.8. The minimum atomic E-state index is 0.929. The zero-order chi connectivity index (χ0) is 31.6. The van der Waals surface area contributed by atoms with Gasteiger partial charge in [-0.05, 0) is 60.6 Å². The van der Waals surface area contributed by atoms with Gasteiger partial charge in [-0.15, -0.1) is 0 Å². The van der Waals surface area contributed by atoms with E-state index in [4.69, 9.17) is 9.97 Å². The fourth-order valence-electron chi connectivity index (χ4n) is 7.72. The number of rotatable bonds is 3. The molecule has 10 rings (SSSR count). The van der Waals surface area contributed by atoms with Crippen LogP contribution in [0.4, 0.5) is 0 Å². The summed E-state index contributed by atoms with van der Waals surface area (Å²) in [5.74, 6) is 0. The molecule has 0 fully saturated rings. The van der Waals surface area contributed by atoms with Crippen molar-refractivity contribution in [2.75, 3.05) is 0 Å². The summed E-state index contributed by atoms with van der Waals surface area (Å²) < 4.78 is 0. The number of pyridine rings is 2. The van der Waals surface area contributed by atoms with Gasteiger partial charge in [0.2, 0.25) is 0 Å². The van der Waals surface area contributed by atoms with E-state index in [0.29, 0.717) is 0 Å². The molecule has 0 bridgehead atoms. The molecule has 0 unspecified atom stereocenters. The van der Waals surface area contributed by atoms with Crippen molar-refractivity contribution in [3.05, 3.63) is 170 Å². The molecule has 0 spiro atoms. The smallest absolute Gasteiger partial charge is 0.0978 e. The molecule has 0 aliphatic carbocycles. The van der Waals surface area contributed by atoms with E-state index in [1.54, 1.807) is 0 Å². The van der Waals surface area contributed by atoms with Crippen LogP contribution < -0.4 is 0 Å². The highest BCUT2D eigenvalue weighted by Crippen LogP contribution is 2.45. The number of hydrogen-bond donors (Lipinski definition) is 0. The van der Waals surface area contributed by atoms with Crippen molar-refractivity contribution < 1.29 is 0 Å². The Kier molecular flexibility index (Phi) is 5.91. The second-order valence-corrected chi connectivity index (χ2v) is 12.5. The standard InChI is InChI=1S/C46H28N2/c1-3-13-29(14-4-1)42-35-20-10-11-21-36(35)43(30-15-5-2-6-16-30)41-27-31(23-24-37(41)42)44-38-22-12-9-19-34(38)40-26-25-39-33-18-8-7-17-32(33)28-47-45(39)46(40)48-44/h1-28H. The maximum Gasteiger partial charge on any atom is 0.0978 e. The predicted molar refractivity (Wildman–Crippen MR) is 203 cm³/mol. The molecule has 2 heteroatoms. The molecule has 0 radical (unpaired) electrons. The Bertz CT molecular complexity index is 2870. The lowest BCUT2D eigenvalue weighted by Crippen LogP contribution is -1.94. The number of aromatic nitrogens is 2. The fraction of sp³-hybridized carbons (Fsp3) is 0. The highest BCUT2D eigenvalue weighted by molar-refractivity contribution is 6.24. The Morgan fingerprint density at radius 2 is 0.812 bits per heavy atom. The first-order chi connectivity index (χ1) is 23.8. The first-order valence-corrected chi connectivity index (χ1v) is 16.4. The van der Waals surface area contributed by atoms with Gasteiger partial charge in [-0.2, -0.15) is 0 Å². The van der Waals surface area contributed by atoms with Crippen molar-refractivity contribution in [1.82, 2.24) is 9.97 Å². The van der Waals surface area contributed by atoms with Crippen LogP contribution in [0.25, 0.3) is 98.4 Å². The lowest BCUT2D eigenvalue weighted by Gasteiger charge is -2.19. The lowest BCUT2D eigenvalue weighted by atomic mass is 9.85. The van der Waals surface area contributed by atoms with E-state index < -0.39 is 0 Å². The van der Waals surface area contributed by atoms with E-state index in [9.17, 15) is 0 Å². The summed E-state index contributed by atoms with van der Waals surface area (Å²) in [7, 11) is 0. The Labute approximate surface area is 277 Å². The number of fused-ring (bicyclic) bond motifs is 9. The molecule has 222 valence electrons. The van der Waals surface area contributed by atoms with Crippen LogP contribution in [0.1, 0.15) is 0 Å². The molecule has 0 atom stereocenters. The zero-order valence-corrected chi connectivity index (χ0v) is 26.1. The van der Waals surface area contributed by atoms with Crippen molar-refractivity contribution in [2.45, 2.75) is 0 Å². The van der Waals surface area contributed by atoms with Crippen molar-refractivity contribution >= 4 is 64.9 Å². The highest BCUT2D eigenvalue weighted by Gasteiger charge is 2.19. The summed E-state index contributed by atoms with van der Waals surface area (Å²) in [4.78, 5) is 10.5. The van der Waals surface area contributed by atoms with Crippen LogP contribution in [0, 0.1) is 0 Å². The summed E-state index contributed by atoms with van der Waals surface area (Å²) in [6, 6.07) is 58.9. The van der Waals surface area contributed by atoms with Crippen molar-refractivity contribution in [3.8, 4) is 33.5 Å². The SMILES string of the molecule is c1ccc(-c2c3ccccc3c(-c3ccccc3)c3cc(-c4nc5c(ccc6c7ccccc7cnc65)c5ccccc45)ccc23)cc1. The second kappa shape index (κ2) is 10.6. The van der Waals surface area contributed by atoms with Gasteiger partial charge in [-0.25, -0.2) is 4.98 Å². The van der Waals surface area contributed by atoms with Crippen LogP contribution in [-0.2, 0) is 0 Å². The maximum absolute atomic E-state index is 5.50. The highest BCUT2D eigenvalue weighted by atomic mass is 14.8. The molecule has 8 aromatic carbocycles. The van der Waals surface area contributed by atoms with Crippen molar-refractivity contribution in [2.24, 2.45) is 0 Å². The second-order valence-electron chi connectivity index (χ2n) is 12.5. The van der Waals surface area contributed by atoms with Gasteiger partial charge in [0.15, 0.2) is 0 Å². The molecule has 0 N–H and O–H groups in total. The summed E-state index contributed by atoms with van der Waals surface area (Å²) in [6.07, 6.45) is 1.98. The predicted octanol–water partition coefficient (Wildman–Crippen LogP) is 12.4. The number of hydrogen-bond acceptors (Lipinski definition) is 2. The largest absolute Gasteiger partial charge is 0.253 e. The quantitative estimate of drug-likeness (QED) is 0.147. The summed E-state index contributed by atoms with van der Waals surface area (Å²) in [5.41, 5.74) is 8.83. The van der Waals surface area contributed by atoms with Crippen LogP contribution in [0.5, 0.6) is 0 Å². The number of nitrogens with zero attached hydrogens (tertiary/aromatic N) is 2. The summed E-state index contributed by atoms with van der Waals surface area (Å²) in [6.45, 7) is 0. The Morgan fingerprint density at radius 1 is 0.312 bits per heavy atom. The first-order valence-electron chi connectivity index (χ1n) is 16.4. The van der Waals surface area contributed by atoms with E-state index in [0.717, 1.165) is 43.8 Å². The maximum atomic E-state index is 5.50. The molecule has 2 heterocycles. The van der Waals surface area contributed by atoms with Crippen LogP contribution in [0.15, 0.2) is 170 Å². The summed E-state index contributed by atoms with van der Waals surface area (Å²) >= 11 is 0. The van der Waals surface area contributed by atoms with E-state index in [2.05, 4.69) is 164 Å². The van der Waals surface area contributed by atoms with Gasteiger partial charge in [0.25, 0.3) is 0 Å². The zero-order valence-electron chi connectivity index (χ0n) is 26.1. The minimum Gasteiger partial charge on any atom is -0.253 e. The van der Waals surface area contributed by atoms with Crippen LogP contribution in [0.2, 0.25) is 0 Å². The normalized spacial score (nSPS) is 11.8. The van der Waals surface area contributed by atoms with Crippen LogP contribution >= 0.6 is 0 Å². The van der Waals surface area contributed by atoms with E-state index in [1.165, 1.54) is 54.6 Å². The average molecular weight is 609 g/mol. The Morgan fingerprint density at radius 3 is 1.50 bits per heavy atom. The molecular formula is C46H28N2. The third-order valence-corrected chi connectivity index (χ3v) is 9.85. The molecule has 0 aliphatic rings. The van der Waals surface area contributed by atoms with Gasteiger partial charge < -0.3 is 0 Å². The molecular weight excluding hydrogens is 581 g/mol. The fourth-order valence-corrected chi connectivity index (χ4v) is 7.72.